The molecule has 0 saturated carbocycles. The Kier molecular flexibility index (Phi) is 3.39. The zero-order valence-corrected chi connectivity index (χ0v) is 10.9. The molecule has 7 nitrogen and oxygen atoms in total. The SMILES string of the molecule is CC1(OCC(=O)O)CN(C2CS(=O)(=O)CC2O)C1. The van der Waals surface area contributed by atoms with Gasteiger partial charge in [-0.05, 0) is 6.92 Å². The van der Waals surface area contributed by atoms with Crippen molar-refractivity contribution >= 4 is 15.8 Å². The zero-order chi connectivity index (χ0) is 13.6. The predicted molar refractivity (Wildman–Crippen MR) is 62.0 cm³/mol. The molecule has 2 saturated heterocycles. The van der Waals surface area contributed by atoms with E-state index in [1.807, 2.05) is 4.90 Å². The molecule has 0 aliphatic carbocycles. The average Bonchev–Trinajstić information content (AvgIpc) is 2.45. The lowest BCUT2D eigenvalue weighted by atomic mass is 9.93. The highest BCUT2D eigenvalue weighted by Gasteiger charge is 2.49. The number of rotatable bonds is 4. The topological polar surface area (TPSA) is 104 Å². The maximum Gasteiger partial charge on any atom is 0.329 e. The van der Waals surface area contributed by atoms with Gasteiger partial charge >= 0.3 is 5.97 Å². The van der Waals surface area contributed by atoms with E-state index in [1.54, 1.807) is 6.92 Å². The largest absolute Gasteiger partial charge is 0.480 e. The van der Waals surface area contributed by atoms with Crippen LogP contribution in [0.15, 0.2) is 0 Å². The number of sulfone groups is 1. The Balaban J connectivity index is 1.87. The summed E-state index contributed by atoms with van der Waals surface area (Å²) in [6.07, 6.45) is -0.862. The molecule has 0 amide bonds. The Bertz CT molecular complexity index is 441. The van der Waals surface area contributed by atoms with E-state index in [2.05, 4.69) is 0 Å². The van der Waals surface area contributed by atoms with Crippen molar-refractivity contribution in [1.82, 2.24) is 4.90 Å². The second kappa shape index (κ2) is 4.44. The van der Waals surface area contributed by atoms with Gasteiger partial charge in [0, 0.05) is 13.1 Å². The highest BCUT2D eigenvalue weighted by Crippen LogP contribution is 2.30. The lowest BCUT2D eigenvalue weighted by molar-refractivity contribution is -0.172. The van der Waals surface area contributed by atoms with Gasteiger partial charge in [0.1, 0.15) is 6.61 Å². The first-order chi connectivity index (χ1) is 8.21. The van der Waals surface area contributed by atoms with E-state index in [-0.39, 0.29) is 18.1 Å². The van der Waals surface area contributed by atoms with Gasteiger partial charge in [-0.3, -0.25) is 4.90 Å². The molecule has 104 valence electrons. The van der Waals surface area contributed by atoms with Gasteiger partial charge in [0.25, 0.3) is 0 Å². The maximum absolute atomic E-state index is 11.4. The van der Waals surface area contributed by atoms with Crippen LogP contribution in [0, 0.1) is 0 Å². The number of hydrogen-bond donors (Lipinski definition) is 2. The minimum Gasteiger partial charge on any atom is -0.480 e. The Morgan fingerprint density at radius 1 is 1.44 bits per heavy atom. The fourth-order valence-corrected chi connectivity index (χ4v) is 4.37. The van der Waals surface area contributed by atoms with Crippen molar-refractivity contribution in [3.63, 3.8) is 0 Å². The van der Waals surface area contributed by atoms with E-state index < -0.39 is 33.6 Å². The number of carboxylic acids is 1. The van der Waals surface area contributed by atoms with E-state index in [4.69, 9.17) is 9.84 Å². The highest BCUT2D eigenvalue weighted by atomic mass is 32.2. The summed E-state index contributed by atoms with van der Waals surface area (Å²) in [7, 11) is -3.16. The number of carbonyl (C=O) groups is 1. The number of aliphatic hydroxyl groups excluding tert-OH is 1. The van der Waals surface area contributed by atoms with Crippen LogP contribution in [0.3, 0.4) is 0 Å². The molecule has 2 rings (SSSR count). The molecule has 2 atom stereocenters. The molecule has 0 radical (unpaired) electrons. The molecular weight excluding hydrogens is 262 g/mol. The summed E-state index contributed by atoms with van der Waals surface area (Å²) in [5.41, 5.74) is -0.565. The molecule has 0 aromatic heterocycles. The van der Waals surface area contributed by atoms with Crippen molar-refractivity contribution in [1.29, 1.82) is 0 Å². The predicted octanol–water partition coefficient (Wildman–Crippen LogP) is -1.68. The molecule has 0 bridgehead atoms. The summed E-state index contributed by atoms with van der Waals surface area (Å²) in [6, 6.07) is -0.392. The Labute approximate surface area is 105 Å². The van der Waals surface area contributed by atoms with Crippen LogP contribution < -0.4 is 0 Å². The minimum atomic E-state index is -3.16. The normalized spacial score (nSPS) is 34.1. The molecule has 2 aliphatic rings. The second-order valence-corrected chi connectivity index (χ2v) is 7.40. The lowest BCUT2D eigenvalue weighted by Gasteiger charge is -2.50. The molecule has 8 heteroatoms. The first kappa shape index (κ1) is 13.7. The third-order valence-corrected chi connectivity index (χ3v) is 5.08. The third kappa shape index (κ3) is 2.82. The van der Waals surface area contributed by atoms with Crippen LogP contribution in [0.2, 0.25) is 0 Å². The van der Waals surface area contributed by atoms with E-state index in [1.165, 1.54) is 0 Å². The number of aliphatic carboxylic acids is 1. The number of carboxylic acid groups (broad SMARTS) is 1. The number of nitrogens with zero attached hydrogens (tertiary/aromatic N) is 1. The fourth-order valence-electron chi connectivity index (χ4n) is 2.53. The summed E-state index contributed by atoms with van der Waals surface area (Å²) in [5.74, 6) is -1.26. The van der Waals surface area contributed by atoms with E-state index in [9.17, 15) is 18.3 Å². The van der Waals surface area contributed by atoms with Crippen LogP contribution in [-0.2, 0) is 19.4 Å². The first-order valence-electron chi connectivity index (χ1n) is 5.69. The Morgan fingerprint density at radius 3 is 2.50 bits per heavy atom. The van der Waals surface area contributed by atoms with Crippen molar-refractivity contribution in [3.05, 3.63) is 0 Å². The molecule has 2 unspecified atom stereocenters. The Morgan fingerprint density at radius 2 is 2.06 bits per heavy atom. The minimum absolute atomic E-state index is 0.0385. The van der Waals surface area contributed by atoms with Crippen molar-refractivity contribution < 1.29 is 28.2 Å². The van der Waals surface area contributed by atoms with E-state index in [0.717, 1.165) is 0 Å². The molecule has 18 heavy (non-hydrogen) atoms. The third-order valence-electron chi connectivity index (χ3n) is 3.38. The molecular formula is C10H17NO6S. The molecule has 0 spiro atoms. The lowest BCUT2D eigenvalue weighted by Crippen LogP contribution is -2.66. The summed E-state index contributed by atoms with van der Waals surface area (Å²) in [5, 5.41) is 18.2. The van der Waals surface area contributed by atoms with Crippen LogP contribution in [0.25, 0.3) is 0 Å². The first-order valence-corrected chi connectivity index (χ1v) is 7.51. The standard InChI is InChI=1S/C10H17NO6S/c1-10(17-2-9(13)14)5-11(6-10)7-3-18(15,16)4-8(7)12/h7-8,12H,2-6H2,1H3,(H,13,14). The van der Waals surface area contributed by atoms with Gasteiger partial charge < -0.3 is 14.9 Å². The van der Waals surface area contributed by atoms with Gasteiger partial charge in [-0.25, -0.2) is 13.2 Å². The van der Waals surface area contributed by atoms with Gasteiger partial charge in [-0.1, -0.05) is 0 Å². The monoisotopic (exact) mass is 279 g/mol. The molecule has 2 fully saturated rings. The van der Waals surface area contributed by atoms with Crippen LogP contribution in [0.5, 0.6) is 0 Å². The molecule has 2 heterocycles. The maximum atomic E-state index is 11.4. The summed E-state index contributed by atoms with van der Waals surface area (Å²) >= 11 is 0. The summed E-state index contributed by atoms with van der Waals surface area (Å²) < 4.78 is 28.0. The highest BCUT2D eigenvalue weighted by molar-refractivity contribution is 7.91. The molecule has 2 N–H and O–H groups in total. The number of hydrogen-bond acceptors (Lipinski definition) is 6. The van der Waals surface area contributed by atoms with Crippen molar-refractivity contribution in [2.24, 2.45) is 0 Å². The van der Waals surface area contributed by atoms with Gasteiger partial charge in [-0.2, -0.15) is 0 Å². The number of likely N-dealkylation sites (tertiary alicyclic amines) is 1. The zero-order valence-electron chi connectivity index (χ0n) is 10.1. The van der Waals surface area contributed by atoms with Gasteiger partial charge in [0.05, 0.1) is 29.3 Å². The summed E-state index contributed by atoms with van der Waals surface area (Å²) in [6.45, 7) is 2.30. The van der Waals surface area contributed by atoms with Crippen LogP contribution in [0.1, 0.15) is 6.92 Å². The smallest absolute Gasteiger partial charge is 0.329 e. The van der Waals surface area contributed by atoms with Gasteiger partial charge in [0.15, 0.2) is 9.84 Å². The molecule has 0 aromatic rings. The molecule has 0 aromatic carbocycles. The van der Waals surface area contributed by atoms with Crippen LogP contribution >= 0.6 is 0 Å². The van der Waals surface area contributed by atoms with Crippen LogP contribution in [0.4, 0.5) is 0 Å². The van der Waals surface area contributed by atoms with Gasteiger partial charge in [0.2, 0.25) is 0 Å². The van der Waals surface area contributed by atoms with Gasteiger partial charge in [-0.15, -0.1) is 0 Å². The quantitative estimate of drug-likeness (QED) is 0.633. The van der Waals surface area contributed by atoms with Crippen molar-refractivity contribution in [2.45, 2.75) is 24.7 Å². The summed E-state index contributed by atoms with van der Waals surface area (Å²) in [4.78, 5) is 12.2. The number of aliphatic hydroxyl groups is 1. The number of ether oxygens (including phenoxy) is 1. The van der Waals surface area contributed by atoms with Crippen molar-refractivity contribution in [2.75, 3.05) is 31.2 Å². The Hall–Kier alpha value is -0.700. The second-order valence-electron chi connectivity index (χ2n) is 5.25. The molecule has 2 aliphatic heterocycles. The van der Waals surface area contributed by atoms with E-state index >= 15 is 0 Å². The average molecular weight is 279 g/mol. The van der Waals surface area contributed by atoms with Crippen molar-refractivity contribution in [3.8, 4) is 0 Å². The van der Waals surface area contributed by atoms with E-state index in [0.29, 0.717) is 13.1 Å². The fraction of sp³-hybridized carbons (Fsp3) is 0.900. The van der Waals surface area contributed by atoms with Crippen LogP contribution in [-0.4, -0.2) is 78.4 Å².